The van der Waals surface area contributed by atoms with Gasteiger partial charge in [0.15, 0.2) is 5.13 Å². The minimum Gasteiger partial charge on any atom is -0.391 e. The van der Waals surface area contributed by atoms with E-state index in [1.165, 1.54) is 32.1 Å². The number of nitrogens with zero attached hydrogens (tertiary/aromatic N) is 2. The fraction of sp³-hybridized carbons (Fsp3) is 0.769. The van der Waals surface area contributed by atoms with Gasteiger partial charge in [-0.25, -0.2) is 4.98 Å². The minimum absolute atomic E-state index is 0.130. The van der Waals surface area contributed by atoms with Gasteiger partial charge in [0.1, 0.15) is 0 Å². The second-order valence-electron chi connectivity index (χ2n) is 5.26. The number of aryl methyl sites for hydroxylation is 1. The molecule has 2 fully saturated rings. The van der Waals surface area contributed by atoms with Gasteiger partial charge in [0.25, 0.3) is 0 Å². The van der Waals surface area contributed by atoms with E-state index in [0.717, 1.165) is 34.2 Å². The van der Waals surface area contributed by atoms with E-state index in [9.17, 15) is 5.11 Å². The fourth-order valence-corrected chi connectivity index (χ4v) is 4.33. The van der Waals surface area contributed by atoms with E-state index in [0.29, 0.717) is 0 Å². The summed E-state index contributed by atoms with van der Waals surface area (Å²) in [7, 11) is 0. The monoisotopic (exact) mass is 252 g/mol. The van der Waals surface area contributed by atoms with Gasteiger partial charge in [0.2, 0.25) is 0 Å². The maximum absolute atomic E-state index is 9.26. The normalized spacial score (nSPS) is 28.5. The number of thiazole rings is 1. The van der Waals surface area contributed by atoms with Gasteiger partial charge >= 0.3 is 0 Å². The van der Waals surface area contributed by atoms with Crippen molar-refractivity contribution >= 4 is 16.5 Å². The van der Waals surface area contributed by atoms with Crippen molar-refractivity contribution in [2.24, 2.45) is 5.92 Å². The third-order valence-corrected chi connectivity index (χ3v) is 5.46. The highest BCUT2D eigenvalue weighted by Crippen LogP contribution is 2.40. The molecule has 2 unspecified atom stereocenters. The molecule has 3 rings (SSSR count). The lowest BCUT2D eigenvalue weighted by Gasteiger charge is -2.31. The molecule has 0 radical (unpaired) electrons. The Morgan fingerprint density at radius 2 is 2.18 bits per heavy atom. The van der Waals surface area contributed by atoms with Crippen molar-refractivity contribution in [1.29, 1.82) is 0 Å². The Labute approximate surface area is 106 Å². The molecule has 1 N–H and O–H groups in total. The lowest BCUT2D eigenvalue weighted by molar-refractivity contribution is 0.284. The molecule has 1 aromatic heterocycles. The summed E-state index contributed by atoms with van der Waals surface area (Å²) in [6.45, 7) is 3.29. The summed E-state index contributed by atoms with van der Waals surface area (Å²) in [6, 6.07) is 0.723. The summed E-state index contributed by atoms with van der Waals surface area (Å²) in [5, 5.41) is 10.4. The predicted molar refractivity (Wildman–Crippen MR) is 70.5 cm³/mol. The first-order valence-electron chi connectivity index (χ1n) is 6.63. The molecule has 0 spiro atoms. The van der Waals surface area contributed by atoms with Crippen LogP contribution in [0.2, 0.25) is 0 Å². The Morgan fingerprint density at radius 3 is 2.94 bits per heavy atom. The first-order chi connectivity index (χ1) is 8.29. The van der Waals surface area contributed by atoms with Crippen LogP contribution in [-0.2, 0) is 6.61 Å². The number of rotatable bonds is 2. The van der Waals surface area contributed by atoms with E-state index < -0.39 is 0 Å². The van der Waals surface area contributed by atoms with Crippen LogP contribution in [0.1, 0.15) is 42.7 Å². The second-order valence-corrected chi connectivity index (χ2v) is 6.32. The molecule has 17 heavy (non-hydrogen) atoms. The molecule has 1 saturated carbocycles. The number of aliphatic hydroxyl groups excluding tert-OH is 1. The average molecular weight is 252 g/mol. The van der Waals surface area contributed by atoms with Crippen LogP contribution in [0.15, 0.2) is 0 Å². The van der Waals surface area contributed by atoms with E-state index >= 15 is 0 Å². The van der Waals surface area contributed by atoms with E-state index in [2.05, 4.69) is 9.88 Å². The maximum atomic E-state index is 9.26. The van der Waals surface area contributed by atoms with Gasteiger partial charge in [-0.1, -0.05) is 24.2 Å². The van der Waals surface area contributed by atoms with Crippen LogP contribution in [0.5, 0.6) is 0 Å². The molecule has 1 aromatic rings. The van der Waals surface area contributed by atoms with Crippen molar-refractivity contribution < 1.29 is 5.11 Å². The van der Waals surface area contributed by atoms with Gasteiger partial charge in [-0.15, -0.1) is 0 Å². The van der Waals surface area contributed by atoms with E-state index in [1.807, 2.05) is 6.92 Å². The topological polar surface area (TPSA) is 36.4 Å². The van der Waals surface area contributed by atoms with Gasteiger partial charge in [0, 0.05) is 12.6 Å². The number of fused-ring (bicyclic) bond motifs is 1. The Bertz CT molecular complexity index is 404. The Hall–Kier alpha value is -0.610. The maximum Gasteiger partial charge on any atom is 0.186 e. The smallest absolute Gasteiger partial charge is 0.186 e. The third-order valence-electron chi connectivity index (χ3n) is 4.28. The molecule has 3 nitrogen and oxygen atoms in total. The number of anilines is 1. The van der Waals surface area contributed by atoms with Crippen molar-refractivity contribution in [2.45, 2.75) is 51.7 Å². The van der Waals surface area contributed by atoms with Crippen molar-refractivity contribution in [3.05, 3.63) is 10.6 Å². The molecule has 2 aliphatic rings. The third kappa shape index (κ3) is 1.97. The van der Waals surface area contributed by atoms with Gasteiger partial charge in [-0.05, 0) is 32.1 Å². The van der Waals surface area contributed by atoms with Crippen LogP contribution in [0.3, 0.4) is 0 Å². The molecular weight excluding hydrogens is 232 g/mol. The first kappa shape index (κ1) is 11.5. The van der Waals surface area contributed by atoms with Crippen LogP contribution in [0, 0.1) is 12.8 Å². The summed E-state index contributed by atoms with van der Waals surface area (Å²) in [6.07, 6.45) is 6.84. The number of hydrogen-bond acceptors (Lipinski definition) is 4. The zero-order chi connectivity index (χ0) is 11.8. The molecule has 0 amide bonds. The first-order valence-corrected chi connectivity index (χ1v) is 7.45. The molecule has 0 aromatic carbocycles. The Kier molecular flexibility index (Phi) is 3.09. The Balaban J connectivity index is 1.83. The SMILES string of the molecule is Cc1nc(N2CCC3CCCCC32)sc1CO. The summed E-state index contributed by atoms with van der Waals surface area (Å²) >= 11 is 1.68. The summed E-state index contributed by atoms with van der Waals surface area (Å²) in [5.74, 6) is 0.894. The molecule has 2 atom stereocenters. The lowest BCUT2D eigenvalue weighted by atomic mass is 9.85. The molecular formula is C13H20N2OS. The summed E-state index contributed by atoms with van der Waals surface area (Å²) in [5.41, 5.74) is 1.01. The van der Waals surface area contributed by atoms with Crippen LogP contribution in [0.25, 0.3) is 0 Å². The van der Waals surface area contributed by atoms with Crippen LogP contribution < -0.4 is 4.90 Å². The van der Waals surface area contributed by atoms with Crippen molar-refractivity contribution in [2.75, 3.05) is 11.4 Å². The Morgan fingerprint density at radius 1 is 1.35 bits per heavy atom. The summed E-state index contributed by atoms with van der Waals surface area (Å²) in [4.78, 5) is 8.17. The zero-order valence-corrected chi connectivity index (χ0v) is 11.2. The molecule has 4 heteroatoms. The van der Waals surface area contributed by atoms with Gasteiger partial charge in [0.05, 0.1) is 17.2 Å². The standard InChI is InChI=1S/C13H20N2OS/c1-9-12(8-16)17-13(14-9)15-7-6-10-4-2-3-5-11(10)15/h10-11,16H,2-8H2,1H3. The minimum atomic E-state index is 0.130. The molecule has 1 aliphatic carbocycles. The molecule has 0 bridgehead atoms. The average Bonchev–Trinajstić information content (AvgIpc) is 2.92. The number of aromatic nitrogens is 1. The van der Waals surface area contributed by atoms with E-state index in [-0.39, 0.29) is 6.61 Å². The number of aliphatic hydroxyl groups is 1. The summed E-state index contributed by atoms with van der Waals surface area (Å²) < 4.78 is 0. The van der Waals surface area contributed by atoms with E-state index in [1.54, 1.807) is 11.3 Å². The molecule has 2 heterocycles. The second kappa shape index (κ2) is 4.58. The molecule has 1 saturated heterocycles. The van der Waals surface area contributed by atoms with Gasteiger partial charge < -0.3 is 10.0 Å². The van der Waals surface area contributed by atoms with Crippen molar-refractivity contribution in [3.63, 3.8) is 0 Å². The van der Waals surface area contributed by atoms with Gasteiger partial charge in [-0.2, -0.15) is 0 Å². The quantitative estimate of drug-likeness (QED) is 0.879. The highest BCUT2D eigenvalue weighted by molar-refractivity contribution is 7.15. The predicted octanol–water partition coefficient (Wildman–Crippen LogP) is 2.71. The zero-order valence-electron chi connectivity index (χ0n) is 10.4. The lowest BCUT2D eigenvalue weighted by Crippen LogP contribution is -2.34. The van der Waals surface area contributed by atoms with Gasteiger partial charge in [-0.3, -0.25) is 0 Å². The van der Waals surface area contributed by atoms with Crippen LogP contribution >= 0.6 is 11.3 Å². The molecule has 1 aliphatic heterocycles. The largest absolute Gasteiger partial charge is 0.391 e. The van der Waals surface area contributed by atoms with Crippen molar-refractivity contribution in [1.82, 2.24) is 4.98 Å². The molecule has 94 valence electrons. The van der Waals surface area contributed by atoms with Crippen molar-refractivity contribution in [3.8, 4) is 0 Å². The van der Waals surface area contributed by atoms with E-state index in [4.69, 9.17) is 0 Å². The highest BCUT2D eigenvalue weighted by atomic mass is 32.1. The van der Waals surface area contributed by atoms with Crippen LogP contribution in [-0.4, -0.2) is 22.7 Å². The highest BCUT2D eigenvalue weighted by Gasteiger charge is 2.37. The fourth-order valence-electron chi connectivity index (χ4n) is 3.33. The number of hydrogen-bond donors (Lipinski definition) is 1. The van der Waals surface area contributed by atoms with Crippen LogP contribution in [0.4, 0.5) is 5.13 Å².